The first-order chi connectivity index (χ1) is 8.31. The van der Waals surface area contributed by atoms with Gasteiger partial charge >= 0.3 is 0 Å². The van der Waals surface area contributed by atoms with E-state index in [1.54, 1.807) is 14.1 Å². The van der Waals surface area contributed by atoms with Crippen LogP contribution in [-0.4, -0.2) is 24.8 Å². The first-order valence-electron chi connectivity index (χ1n) is 4.96. The molecule has 0 aliphatic rings. The van der Waals surface area contributed by atoms with E-state index in [1.807, 2.05) is 0 Å². The van der Waals surface area contributed by atoms with Crippen LogP contribution in [0.4, 0.5) is 18.9 Å². The van der Waals surface area contributed by atoms with Crippen LogP contribution in [0, 0.1) is 22.9 Å². The zero-order valence-electron chi connectivity index (χ0n) is 9.89. The summed E-state index contributed by atoms with van der Waals surface area (Å²) in [5, 5.41) is 9.83. The second kappa shape index (κ2) is 5.44. The van der Waals surface area contributed by atoms with Gasteiger partial charge in [-0.3, -0.25) is 5.41 Å². The molecule has 0 heterocycles. The van der Waals surface area contributed by atoms with Crippen molar-refractivity contribution in [3.05, 3.63) is 41.5 Å². The van der Waals surface area contributed by atoms with E-state index in [2.05, 4.69) is 5.32 Å². The van der Waals surface area contributed by atoms with Crippen LogP contribution in [0.1, 0.15) is 0 Å². The predicted octanol–water partition coefficient (Wildman–Crippen LogP) is 1.85. The number of hydrogen-bond acceptors (Lipinski definition) is 3. The van der Waals surface area contributed by atoms with Crippen LogP contribution in [0.3, 0.4) is 0 Å². The van der Waals surface area contributed by atoms with E-state index in [1.165, 1.54) is 11.0 Å². The highest BCUT2D eigenvalue weighted by Gasteiger charge is 2.10. The minimum atomic E-state index is -1.28. The van der Waals surface area contributed by atoms with Crippen LogP contribution in [0.2, 0.25) is 0 Å². The SMILES string of the molecule is CN(C)C(=N)/C=C(\N)Nc1cc(F)c(F)cc1F. The zero-order chi connectivity index (χ0) is 13.9. The third-order valence-electron chi connectivity index (χ3n) is 2.06. The van der Waals surface area contributed by atoms with Crippen molar-refractivity contribution in [3.8, 4) is 0 Å². The van der Waals surface area contributed by atoms with Gasteiger partial charge in [0.05, 0.1) is 5.69 Å². The number of nitrogens with two attached hydrogens (primary N) is 1. The Morgan fingerprint density at radius 1 is 1.22 bits per heavy atom. The molecule has 0 radical (unpaired) electrons. The van der Waals surface area contributed by atoms with E-state index in [9.17, 15) is 13.2 Å². The Balaban J connectivity index is 2.92. The minimum absolute atomic E-state index is 0.0568. The average molecular weight is 258 g/mol. The number of likely N-dealkylation sites (N-methyl/N-ethyl adjacent to an activating group) is 1. The number of anilines is 1. The number of nitrogens with one attached hydrogen (secondary N) is 2. The Labute approximate surface area is 102 Å². The highest BCUT2D eigenvalue weighted by Crippen LogP contribution is 2.19. The standard InChI is InChI=1S/C11H13F3N4/c1-18(2)11(16)5-10(15)17-9-4-7(13)6(12)3-8(9)14/h3-5,16-17H,15H2,1-2H3/b10-5+,16-11?. The summed E-state index contributed by atoms with van der Waals surface area (Å²) in [7, 11) is 3.26. The van der Waals surface area contributed by atoms with E-state index < -0.39 is 17.5 Å². The molecule has 4 N–H and O–H groups in total. The van der Waals surface area contributed by atoms with E-state index in [0.717, 1.165) is 0 Å². The Bertz CT molecular complexity index is 497. The maximum atomic E-state index is 13.3. The predicted molar refractivity (Wildman–Crippen MR) is 63.6 cm³/mol. The Kier molecular flexibility index (Phi) is 4.19. The summed E-state index contributed by atoms with van der Waals surface area (Å²) in [4.78, 5) is 1.47. The lowest BCUT2D eigenvalue weighted by Crippen LogP contribution is -2.22. The Morgan fingerprint density at radius 3 is 2.33 bits per heavy atom. The second-order valence-corrected chi connectivity index (χ2v) is 3.75. The smallest absolute Gasteiger partial charge is 0.161 e. The largest absolute Gasteiger partial charge is 0.385 e. The van der Waals surface area contributed by atoms with Gasteiger partial charge in [0.2, 0.25) is 0 Å². The van der Waals surface area contributed by atoms with Crippen molar-refractivity contribution in [1.82, 2.24) is 4.90 Å². The summed E-state index contributed by atoms with van der Waals surface area (Å²) < 4.78 is 38.9. The van der Waals surface area contributed by atoms with E-state index in [0.29, 0.717) is 12.1 Å². The highest BCUT2D eigenvalue weighted by atomic mass is 19.2. The fraction of sp³-hybridized carbons (Fsp3) is 0.182. The van der Waals surface area contributed by atoms with Crippen molar-refractivity contribution < 1.29 is 13.2 Å². The molecule has 0 bridgehead atoms. The fourth-order valence-electron chi connectivity index (χ4n) is 1.09. The van der Waals surface area contributed by atoms with Gasteiger partial charge in [0, 0.05) is 32.3 Å². The lowest BCUT2D eigenvalue weighted by atomic mass is 10.3. The van der Waals surface area contributed by atoms with Crippen LogP contribution in [0.15, 0.2) is 24.0 Å². The van der Waals surface area contributed by atoms with Gasteiger partial charge in [-0.05, 0) is 0 Å². The van der Waals surface area contributed by atoms with Gasteiger partial charge in [-0.1, -0.05) is 0 Å². The molecule has 18 heavy (non-hydrogen) atoms. The molecule has 98 valence electrons. The number of halogens is 3. The number of hydrogen-bond donors (Lipinski definition) is 3. The molecule has 1 aromatic rings. The Hall–Kier alpha value is -2.18. The molecule has 0 spiro atoms. The molecule has 7 heteroatoms. The highest BCUT2D eigenvalue weighted by molar-refractivity contribution is 5.90. The third-order valence-corrected chi connectivity index (χ3v) is 2.06. The lowest BCUT2D eigenvalue weighted by Gasteiger charge is -2.12. The van der Waals surface area contributed by atoms with Crippen LogP contribution in [0.5, 0.6) is 0 Å². The maximum Gasteiger partial charge on any atom is 0.161 e. The van der Waals surface area contributed by atoms with Gasteiger partial charge in [0.15, 0.2) is 11.6 Å². The number of rotatable bonds is 3. The monoisotopic (exact) mass is 258 g/mol. The molecular weight excluding hydrogens is 245 g/mol. The van der Waals surface area contributed by atoms with Gasteiger partial charge in [-0.15, -0.1) is 0 Å². The molecular formula is C11H13F3N4. The summed E-state index contributed by atoms with van der Waals surface area (Å²) in [6.45, 7) is 0. The molecule has 0 aliphatic carbocycles. The fourth-order valence-corrected chi connectivity index (χ4v) is 1.09. The molecule has 4 nitrogen and oxygen atoms in total. The number of nitrogens with zero attached hydrogens (tertiary/aromatic N) is 1. The summed E-state index contributed by atoms with van der Waals surface area (Å²) >= 11 is 0. The van der Waals surface area contributed by atoms with Crippen molar-refractivity contribution in [2.75, 3.05) is 19.4 Å². The molecule has 0 aromatic heterocycles. The van der Waals surface area contributed by atoms with Crippen LogP contribution < -0.4 is 11.1 Å². The molecule has 1 rings (SSSR count). The van der Waals surface area contributed by atoms with Crippen molar-refractivity contribution in [2.24, 2.45) is 5.73 Å². The zero-order valence-corrected chi connectivity index (χ0v) is 9.89. The Morgan fingerprint density at radius 2 is 1.78 bits per heavy atom. The van der Waals surface area contributed by atoms with Crippen molar-refractivity contribution in [1.29, 1.82) is 5.41 Å². The first kappa shape index (κ1) is 13.9. The normalized spacial score (nSPS) is 11.3. The van der Waals surface area contributed by atoms with Gasteiger partial charge in [0.1, 0.15) is 17.5 Å². The molecule has 1 aromatic carbocycles. The lowest BCUT2D eigenvalue weighted by molar-refractivity contribution is 0.496. The number of amidine groups is 1. The summed E-state index contributed by atoms with van der Waals surface area (Å²) in [5.74, 6) is -3.42. The molecule has 0 saturated heterocycles. The van der Waals surface area contributed by atoms with Gasteiger partial charge in [0.25, 0.3) is 0 Å². The van der Waals surface area contributed by atoms with Gasteiger partial charge < -0.3 is 16.0 Å². The average Bonchev–Trinajstić information content (AvgIpc) is 2.25. The third kappa shape index (κ3) is 3.41. The summed E-state index contributed by atoms with van der Waals surface area (Å²) in [5.41, 5.74) is 5.20. The minimum Gasteiger partial charge on any atom is -0.385 e. The van der Waals surface area contributed by atoms with E-state index >= 15 is 0 Å². The van der Waals surface area contributed by atoms with Crippen molar-refractivity contribution in [3.63, 3.8) is 0 Å². The van der Waals surface area contributed by atoms with Crippen LogP contribution in [-0.2, 0) is 0 Å². The molecule has 0 amide bonds. The van der Waals surface area contributed by atoms with Gasteiger partial charge in [-0.25, -0.2) is 13.2 Å². The maximum absolute atomic E-state index is 13.3. The summed E-state index contributed by atoms with van der Waals surface area (Å²) in [6.07, 6.45) is 1.22. The molecule has 0 aliphatic heterocycles. The molecule has 0 unspecified atom stereocenters. The van der Waals surface area contributed by atoms with Crippen LogP contribution in [0.25, 0.3) is 0 Å². The van der Waals surface area contributed by atoms with Crippen LogP contribution >= 0.6 is 0 Å². The van der Waals surface area contributed by atoms with Gasteiger partial charge in [-0.2, -0.15) is 0 Å². The first-order valence-corrected chi connectivity index (χ1v) is 4.96. The second-order valence-electron chi connectivity index (χ2n) is 3.75. The summed E-state index contributed by atoms with van der Waals surface area (Å²) in [6, 6.07) is 1.08. The quantitative estimate of drug-likeness (QED) is 0.440. The van der Waals surface area contributed by atoms with Crippen molar-refractivity contribution in [2.45, 2.75) is 0 Å². The van der Waals surface area contributed by atoms with E-state index in [-0.39, 0.29) is 17.3 Å². The molecule has 0 fully saturated rings. The van der Waals surface area contributed by atoms with E-state index in [4.69, 9.17) is 11.1 Å². The van der Waals surface area contributed by atoms with Crippen molar-refractivity contribution >= 4 is 11.5 Å². The molecule has 0 atom stereocenters. The topological polar surface area (TPSA) is 65.1 Å². The number of benzene rings is 1. The molecule has 0 saturated carbocycles.